The Kier molecular flexibility index (Phi) is 7.35. The van der Waals surface area contributed by atoms with Crippen LogP contribution in [0.1, 0.15) is 48.9 Å². The minimum absolute atomic E-state index is 0.137. The maximum absolute atomic E-state index is 13.9. The molecule has 8 nitrogen and oxygen atoms in total. The summed E-state index contributed by atoms with van der Waals surface area (Å²) in [6.45, 7) is 5.14. The quantitative estimate of drug-likeness (QED) is 0.624. The van der Waals surface area contributed by atoms with Gasteiger partial charge in [0.1, 0.15) is 18.2 Å². The standard InChI is InChI=1S/C29H38FN7O/c1-35-13-3-5-24(35)19-38-29-33-26-17-23(37-14-2-4-20-16-21(30)6-9-27(20)37)7-8-25(26)28(34-29)36-15-12-32-22(18-36)10-11-31/h6,9,16,22-24,32H,2-5,7-8,10,12-15,17-19H2,1H3/t22-,23?,24-/m0/s1. The van der Waals surface area contributed by atoms with Crippen LogP contribution in [0.25, 0.3) is 0 Å². The van der Waals surface area contributed by atoms with Crippen molar-refractivity contribution < 1.29 is 9.13 Å². The maximum atomic E-state index is 13.9. The summed E-state index contributed by atoms with van der Waals surface area (Å²) in [6.07, 6.45) is 7.54. The molecule has 1 N–H and O–H groups in total. The minimum Gasteiger partial charge on any atom is -0.462 e. The van der Waals surface area contributed by atoms with Crippen LogP contribution in [0.3, 0.4) is 0 Å². The number of hydrogen-bond acceptors (Lipinski definition) is 8. The predicted molar refractivity (Wildman–Crippen MR) is 145 cm³/mol. The fraction of sp³-hybridized carbons (Fsp3) is 0.621. The highest BCUT2D eigenvalue weighted by atomic mass is 19.1. The van der Waals surface area contributed by atoms with Crippen molar-refractivity contribution in [1.82, 2.24) is 20.2 Å². The molecule has 3 aliphatic heterocycles. The van der Waals surface area contributed by atoms with E-state index < -0.39 is 0 Å². The molecule has 4 aliphatic rings. The van der Waals surface area contributed by atoms with Gasteiger partial charge in [0.2, 0.25) is 0 Å². The van der Waals surface area contributed by atoms with Crippen molar-refractivity contribution >= 4 is 11.5 Å². The summed E-state index contributed by atoms with van der Waals surface area (Å²) in [5.41, 5.74) is 4.58. The Hall–Kier alpha value is -2.96. The number of rotatable bonds is 6. The van der Waals surface area contributed by atoms with E-state index >= 15 is 0 Å². The Morgan fingerprint density at radius 3 is 2.92 bits per heavy atom. The van der Waals surface area contributed by atoms with Crippen LogP contribution in [0.2, 0.25) is 0 Å². The number of nitrogens with zero attached hydrogens (tertiary/aromatic N) is 6. The second-order valence-corrected chi connectivity index (χ2v) is 11.3. The SMILES string of the molecule is CN1CCC[C@H]1COc1nc2c(c(N3CCN[C@@H](CC#N)C3)n1)CCC(N1CCCc3cc(F)ccc31)C2. The van der Waals surface area contributed by atoms with E-state index in [1.807, 2.05) is 6.07 Å². The molecule has 1 aromatic heterocycles. The molecule has 2 aromatic rings. The Morgan fingerprint density at radius 2 is 2.08 bits per heavy atom. The van der Waals surface area contributed by atoms with Crippen LogP contribution in [0, 0.1) is 17.1 Å². The van der Waals surface area contributed by atoms with Crippen LogP contribution in [0.4, 0.5) is 15.9 Å². The number of nitriles is 1. The van der Waals surface area contributed by atoms with E-state index in [1.165, 1.54) is 17.7 Å². The van der Waals surface area contributed by atoms with Crippen LogP contribution in [0.5, 0.6) is 6.01 Å². The van der Waals surface area contributed by atoms with Gasteiger partial charge in [0.15, 0.2) is 0 Å². The second kappa shape index (κ2) is 11.0. The molecule has 0 amide bonds. The van der Waals surface area contributed by atoms with Gasteiger partial charge in [0, 0.05) is 62.0 Å². The van der Waals surface area contributed by atoms with E-state index in [-0.39, 0.29) is 11.9 Å². The van der Waals surface area contributed by atoms with Crippen LogP contribution in [0.15, 0.2) is 18.2 Å². The first-order valence-corrected chi connectivity index (χ1v) is 14.2. The van der Waals surface area contributed by atoms with Gasteiger partial charge in [0.05, 0.1) is 18.2 Å². The molecule has 202 valence electrons. The van der Waals surface area contributed by atoms with Crippen LogP contribution >= 0.6 is 0 Å². The third-order valence-electron chi connectivity index (χ3n) is 8.81. The van der Waals surface area contributed by atoms with Gasteiger partial charge in [-0.1, -0.05) is 0 Å². The van der Waals surface area contributed by atoms with Crippen LogP contribution in [-0.4, -0.2) is 79.4 Å². The van der Waals surface area contributed by atoms with E-state index in [2.05, 4.69) is 33.1 Å². The summed E-state index contributed by atoms with van der Waals surface area (Å²) in [5.74, 6) is 0.825. The van der Waals surface area contributed by atoms with Gasteiger partial charge in [-0.05, 0) is 75.9 Å². The molecule has 0 saturated carbocycles. The van der Waals surface area contributed by atoms with Gasteiger partial charge in [-0.25, -0.2) is 4.39 Å². The fourth-order valence-electron chi connectivity index (χ4n) is 6.75. The predicted octanol–water partition coefficient (Wildman–Crippen LogP) is 3.09. The molecular weight excluding hydrogens is 481 g/mol. The summed E-state index contributed by atoms with van der Waals surface area (Å²) in [5, 5.41) is 12.7. The summed E-state index contributed by atoms with van der Waals surface area (Å²) in [4.78, 5) is 17.1. The number of nitrogens with one attached hydrogen (secondary N) is 1. The van der Waals surface area contributed by atoms with E-state index in [0.717, 1.165) is 88.3 Å². The Morgan fingerprint density at radius 1 is 1.16 bits per heavy atom. The fourth-order valence-corrected chi connectivity index (χ4v) is 6.75. The summed E-state index contributed by atoms with van der Waals surface area (Å²) >= 11 is 0. The summed E-state index contributed by atoms with van der Waals surface area (Å²) in [6, 6.07) is 8.87. The van der Waals surface area contributed by atoms with E-state index in [4.69, 9.17) is 14.7 Å². The van der Waals surface area contributed by atoms with Crippen molar-refractivity contribution in [2.24, 2.45) is 0 Å². The lowest BCUT2D eigenvalue weighted by atomic mass is 9.88. The first kappa shape index (κ1) is 25.3. The van der Waals surface area contributed by atoms with Crippen LogP contribution in [-0.2, 0) is 19.3 Å². The first-order chi connectivity index (χ1) is 18.6. The van der Waals surface area contributed by atoms with Crippen molar-refractivity contribution in [1.29, 1.82) is 5.26 Å². The average molecular weight is 520 g/mol. The molecule has 6 rings (SSSR count). The van der Waals surface area contributed by atoms with Crippen molar-refractivity contribution in [3.05, 3.63) is 40.8 Å². The minimum atomic E-state index is -0.155. The lowest BCUT2D eigenvalue weighted by Crippen LogP contribution is -2.51. The van der Waals surface area contributed by atoms with Crippen LogP contribution < -0.4 is 19.9 Å². The lowest BCUT2D eigenvalue weighted by molar-refractivity contribution is 0.187. The molecule has 38 heavy (non-hydrogen) atoms. The zero-order valence-electron chi connectivity index (χ0n) is 22.3. The topological polar surface area (TPSA) is 80.5 Å². The molecule has 0 radical (unpaired) electrons. The van der Waals surface area contributed by atoms with Crippen molar-refractivity contribution in [3.8, 4) is 12.1 Å². The number of aryl methyl sites for hydroxylation is 1. The number of aromatic nitrogens is 2. The van der Waals surface area contributed by atoms with Crippen molar-refractivity contribution in [2.75, 3.05) is 56.2 Å². The van der Waals surface area contributed by atoms with Gasteiger partial charge in [-0.15, -0.1) is 0 Å². The van der Waals surface area contributed by atoms with Gasteiger partial charge in [-0.3, -0.25) is 0 Å². The monoisotopic (exact) mass is 519 g/mol. The molecule has 1 aromatic carbocycles. The third kappa shape index (κ3) is 5.16. The molecule has 1 unspecified atom stereocenters. The van der Waals surface area contributed by atoms with E-state index in [0.29, 0.717) is 31.1 Å². The number of hydrogen-bond donors (Lipinski definition) is 1. The zero-order valence-corrected chi connectivity index (χ0v) is 22.3. The highest BCUT2D eigenvalue weighted by Crippen LogP contribution is 2.36. The molecule has 2 saturated heterocycles. The van der Waals surface area contributed by atoms with Gasteiger partial charge in [0.25, 0.3) is 0 Å². The summed E-state index contributed by atoms with van der Waals surface area (Å²) in [7, 11) is 2.16. The van der Waals surface area contributed by atoms with Crippen molar-refractivity contribution in [3.63, 3.8) is 0 Å². The normalized spacial score (nSPS) is 25.6. The second-order valence-electron chi connectivity index (χ2n) is 11.3. The van der Waals surface area contributed by atoms with Gasteiger partial charge >= 0.3 is 6.01 Å². The Labute approximate surface area is 224 Å². The third-order valence-corrected chi connectivity index (χ3v) is 8.81. The zero-order chi connectivity index (χ0) is 26.1. The average Bonchev–Trinajstić information content (AvgIpc) is 3.35. The molecule has 2 fully saturated rings. The number of anilines is 2. The molecular formula is C29H38FN7O. The molecule has 4 heterocycles. The number of piperazine rings is 1. The highest BCUT2D eigenvalue weighted by molar-refractivity contribution is 5.58. The van der Waals surface area contributed by atoms with E-state index in [1.54, 1.807) is 12.1 Å². The first-order valence-electron chi connectivity index (χ1n) is 14.2. The Balaban J connectivity index is 1.28. The molecule has 0 spiro atoms. The number of likely N-dealkylation sites (tertiary alicyclic amines) is 1. The largest absolute Gasteiger partial charge is 0.462 e. The lowest BCUT2D eigenvalue weighted by Gasteiger charge is -2.41. The summed E-state index contributed by atoms with van der Waals surface area (Å²) < 4.78 is 20.2. The molecule has 0 bridgehead atoms. The molecule has 9 heteroatoms. The number of fused-ring (bicyclic) bond motifs is 2. The van der Waals surface area contributed by atoms with Gasteiger partial charge in [-0.2, -0.15) is 15.2 Å². The number of likely N-dealkylation sites (N-methyl/N-ethyl adjacent to an activating group) is 1. The Bertz CT molecular complexity index is 1200. The number of ether oxygens (including phenoxy) is 1. The highest BCUT2D eigenvalue weighted by Gasteiger charge is 2.33. The number of halogens is 1. The molecule has 3 atom stereocenters. The maximum Gasteiger partial charge on any atom is 0.318 e. The smallest absolute Gasteiger partial charge is 0.318 e. The van der Waals surface area contributed by atoms with E-state index in [9.17, 15) is 9.65 Å². The van der Waals surface area contributed by atoms with Crippen molar-refractivity contribution in [2.45, 2.75) is 69.5 Å². The van der Waals surface area contributed by atoms with Gasteiger partial charge < -0.3 is 24.8 Å². The number of benzene rings is 1. The molecule has 1 aliphatic carbocycles.